The summed E-state index contributed by atoms with van der Waals surface area (Å²) in [5.74, 6) is -0.299. The van der Waals surface area contributed by atoms with Gasteiger partial charge in [0.1, 0.15) is 10.0 Å². The minimum Gasteiger partial charge on any atom is -0.391 e. The Morgan fingerprint density at radius 3 is 2.67 bits per heavy atom. The summed E-state index contributed by atoms with van der Waals surface area (Å²) in [6, 6.07) is 7.51. The van der Waals surface area contributed by atoms with E-state index < -0.39 is 10.0 Å². The molecule has 1 heterocycles. The molecule has 0 atom stereocenters. The lowest BCUT2D eigenvalue weighted by Gasteiger charge is -2.07. The molecule has 0 bridgehead atoms. The third-order valence-corrected chi connectivity index (χ3v) is 6.07. The topological polar surface area (TPSA) is 66.4 Å². The molecular formula is C14H16FNO3S2. The van der Waals surface area contributed by atoms with Crippen LogP contribution in [0.25, 0.3) is 0 Å². The number of hydrogen-bond acceptors (Lipinski definition) is 4. The summed E-state index contributed by atoms with van der Waals surface area (Å²) in [6.07, 6.45) is 0.490. The molecule has 0 aliphatic rings. The van der Waals surface area contributed by atoms with Crippen molar-refractivity contribution < 1.29 is 17.9 Å². The fourth-order valence-corrected chi connectivity index (χ4v) is 4.21. The van der Waals surface area contributed by atoms with Crippen LogP contribution in [0.15, 0.2) is 34.5 Å². The van der Waals surface area contributed by atoms with Gasteiger partial charge >= 0.3 is 0 Å². The van der Waals surface area contributed by atoms with Gasteiger partial charge in [-0.1, -0.05) is 6.07 Å². The van der Waals surface area contributed by atoms with Gasteiger partial charge in [-0.2, -0.15) is 0 Å². The summed E-state index contributed by atoms with van der Waals surface area (Å²) in [6.45, 7) is 1.86. The summed E-state index contributed by atoms with van der Waals surface area (Å²) in [5.41, 5.74) is 1.70. The van der Waals surface area contributed by atoms with Crippen LogP contribution in [-0.4, -0.2) is 20.1 Å². The Hall–Kier alpha value is -1.28. The Kier molecular flexibility index (Phi) is 5.10. The number of sulfonamides is 1. The number of aliphatic hydroxyl groups is 1. The Balaban J connectivity index is 1.99. The lowest BCUT2D eigenvalue weighted by atomic mass is 10.1. The molecule has 0 aliphatic heterocycles. The van der Waals surface area contributed by atoms with Crippen molar-refractivity contribution >= 4 is 21.4 Å². The number of nitrogens with one attached hydrogen (secondary N) is 1. The highest BCUT2D eigenvalue weighted by Crippen LogP contribution is 2.21. The highest BCUT2D eigenvalue weighted by molar-refractivity contribution is 7.91. The molecule has 0 amide bonds. The smallest absolute Gasteiger partial charge is 0.250 e. The normalized spacial score (nSPS) is 11.8. The quantitative estimate of drug-likeness (QED) is 0.854. The molecule has 0 radical (unpaired) electrons. The molecule has 0 saturated carbocycles. The summed E-state index contributed by atoms with van der Waals surface area (Å²) in [7, 11) is -3.56. The van der Waals surface area contributed by atoms with Crippen LogP contribution in [0.4, 0.5) is 4.39 Å². The summed E-state index contributed by atoms with van der Waals surface area (Å²) < 4.78 is 39.8. The zero-order valence-corrected chi connectivity index (χ0v) is 13.1. The molecule has 1 aromatic carbocycles. The van der Waals surface area contributed by atoms with Gasteiger partial charge in [0, 0.05) is 11.4 Å². The zero-order valence-electron chi connectivity index (χ0n) is 11.5. The first-order valence-corrected chi connectivity index (χ1v) is 8.66. The molecular weight excluding hydrogens is 313 g/mol. The molecule has 114 valence electrons. The van der Waals surface area contributed by atoms with Crippen molar-refractivity contribution in [1.29, 1.82) is 0 Å². The lowest BCUT2D eigenvalue weighted by molar-refractivity contribution is 0.285. The number of hydrogen-bond donors (Lipinski definition) is 2. The Morgan fingerprint density at radius 1 is 1.29 bits per heavy atom. The van der Waals surface area contributed by atoms with Crippen LogP contribution in [0, 0.1) is 12.7 Å². The van der Waals surface area contributed by atoms with E-state index in [2.05, 4.69) is 4.72 Å². The van der Waals surface area contributed by atoms with Crippen molar-refractivity contribution in [2.24, 2.45) is 0 Å². The maximum Gasteiger partial charge on any atom is 0.250 e. The molecule has 7 heteroatoms. The SMILES string of the molecule is Cc1cc(F)ccc1CCNS(=O)(=O)c1ccc(CO)s1. The van der Waals surface area contributed by atoms with E-state index in [4.69, 9.17) is 5.11 Å². The molecule has 2 N–H and O–H groups in total. The van der Waals surface area contributed by atoms with E-state index in [-0.39, 0.29) is 23.2 Å². The van der Waals surface area contributed by atoms with Gasteiger partial charge in [-0.15, -0.1) is 11.3 Å². The van der Waals surface area contributed by atoms with Crippen LogP contribution in [0.1, 0.15) is 16.0 Å². The second-order valence-corrected chi connectivity index (χ2v) is 7.76. The minimum atomic E-state index is -3.56. The molecule has 4 nitrogen and oxygen atoms in total. The molecule has 2 rings (SSSR count). The Bertz CT molecular complexity index is 726. The van der Waals surface area contributed by atoms with Gasteiger partial charge in [0.25, 0.3) is 0 Å². The van der Waals surface area contributed by atoms with Crippen molar-refractivity contribution in [3.05, 3.63) is 52.2 Å². The van der Waals surface area contributed by atoms with Gasteiger partial charge in [0.2, 0.25) is 10.0 Å². The number of benzene rings is 1. The summed E-state index contributed by atoms with van der Waals surface area (Å²) in [5, 5.41) is 8.96. The first kappa shape index (κ1) is 16.1. The average molecular weight is 329 g/mol. The maximum atomic E-state index is 13.0. The van der Waals surface area contributed by atoms with E-state index in [0.717, 1.165) is 22.5 Å². The highest BCUT2D eigenvalue weighted by Gasteiger charge is 2.16. The van der Waals surface area contributed by atoms with Gasteiger partial charge in [-0.3, -0.25) is 0 Å². The molecule has 1 aromatic heterocycles. The molecule has 0 saturated heterocycles. The van der Waals surface area contributed by atoms with Crippen molar-refractivity contribution in [1.82, 2.24) is 4.72 Å². The molecule has 21 heavy (non-hydrogen) atoms. The molecule has 2 aromatic rings. The second-order valence-electron chi connectivity index (χ2n) is 4.60. The number of aliphatic hydroxyl groups excluding tert-OH is 1. The molecule has 0 aliphatic carbocycles. The second kappa shape index (κ2) is 6.65. The van der Waals surface area contributed by atoms with Crippen LogP contribution >= 0.6 is 11.3 Å². The first-order chi connectivity index (χ1) is 9.92. The van der Waals surface area contributed by atoms with Crippen LogP contribution in [-0.2, 0) is 23.1 Å². The van der Waals surface area contributed by atoms with E-state index in [1.165, 1.54) is 18.2 Å². The third kappa shape index (κ3) is 4.10. The van der Waals surface area contributed by atoms with Crippen LogP contribution < -0.4 is 4.72 Å². The molecule has 0 unspecified atom stereocenters. The van der Waals surface area contributed by atoms with E-state index in [0.29, 0.717) is 11.3 Å². The van der Waals surface area contributed by atoms with E-state index >= 15 is 0 Å². The van der Waals surface area contributed by atoms with Gasteiger partial charge in [-0.25, -0.2) is 17.5 Å². The number of thiophene rings is 1. The van der Waals surface area contributed by atoms with Crippen LogP contribution in [0.3, 0.4) is 0 Å². The van der Waals surface area contributed by atoms with E-state index in [1.54, 1.807) is 19.1 Å². The largest absolute Gasteiger partial charge is 0.391 e. The van der Waals surface area contributed by atoms with Gasteiger partial charge < -0.3 is 5.11 Å². The summed E-state index contributed by atoms with van der Waals surface area (Å²) >= 11 is 1.04. The van der Waals surface area contributed by atoms with Crippen molar-refractivity contribution in [3.8, 4) is 0 Å². The molecule has 0 fully saturated rings. The number of halogens is 1. The predicted octanol–water partition coefficient (Wildman–Crippen LogP) is 2.21. The number of rotatable bonds is 6. The Labute approximate surface area is 127 Å². The van der Waals surface area contributed by atoms with Crippen molar-refractivity contribution in [2.75, 3.05) is 6.54 Å². The maximum absolute atomic E-state index is 13.0. The fourth-order valence-electron chi connectivity index (χ4n) is 1.92. The summed E-state index contributed by atoms with van der Waals surface area (Å²) in [4.78, 5) is 0.602. The fraction of sp³-hybridized carbons (Fsp3) is 0.286. The van der Waals surface area contributed by atoms with Crippen LogP contribution in [0.5, 0.6) is 0 Å². The lowest BCUT2D eigenvalue weighted by Crippen LogP contribution is -2.25. The van der Waals surface area contributed by atoms with E-state index in [9.17, 15) is 12.8 Å². The predicted molar refractivity (Wildman–Crippen MR) is 80.3 cm³/mol. The van der Waals surface area contributed by atoms with Crippen molar-refractivity contribution in [3.63, 3.8) is 0 Å². The van der Waals surface area contributed by atoms with Crippen molar-refractivity contribution in [2.45, 2.75) is 24.2 Å². The zero-order chi connectivity index (χ0) is 15.5. The first-order valence-electron chi connectivity index (χ1n) is 6.36. The van der Waals surface area contributed by atoms with Gasteiger partial charge in [0.05, 0.1) is 6.61 Å². The molecule has 0 spiro atoms. The highest BCUT2D eigenvalue weighted by atomic mass is 32.2. The standard InChI is InChI=1S/C14H16FNO3S2/c1-10-8-12(15)3-2-11(10)6-7-16-21(18,19)14-5-4-13(9-17)20-14/h2-5,8,16-17H,6-7,9H2,1H3. The van der Waals surface area contributed by atoms with E-state index in [1.807, 2.05) is 0 Å². The van der Waals surface area contributed by atoms with Crippen LogP contribution in [0.2, 0.25) is 0 Å². The Morgan fingerprint density at radius 2 is 2.05 bits per heavy atom. The monoisotopic (exact) mass is 329 g/mol. The minimum absolute atomic E-state index is 0.172. The van der Waals surface area contributed by atoms with Gasteiger partial charge in [-0.05, 0) is 48.7 Å². The third-order valence-electron chi connectivity index (χ3n) is 3.05. The average Bonchev–Trinajstić information content (AvgIpc) is 2.91. The number of aryl methyl sites for hydroxylation is 1. The van der Waals surface area contributed by atoms with Gasteiger partial charge in [0.15, 0.2) is 0 Å².